The Balaban J connectivity index is 3.53. The molecule has 4 heteroatoms. The second-order valence-corrected chi connectivity index (χ2v) is 3.64. The summed E-state index contributed by atoms with van der Waals surface area (Å²) in [5.74, 6) is -0.795. The van der Waals surface area contributed by atoms with Crippen molar-refractivity contribution in [1.82, 2.24) is 5.32 Å². The third kappa shape index (κ3) is 8.15. The van der Waals surface area contributed by atoms with E-state index in [2.05, 4.69) is 11.9 Å². The van der Waals surface area contributed by atoms with Crippen LogP contribution < -0.4 is 5.32 Å². The van der Waals surface area contributed by atoms with Gasteiger partial charge in [-0.15, -0.1) is 0 Å². The van der Waals surface area contributed by atoms with Gasteiger partial charge in [0, 0.05) is 6.54 Å². The highest BCUT2D eigenvalue weighted by Crippen LogP contribution is 1.96. The van der Waals surface area contributed by atoms with Crippen molar-refractivity contribution >= 4 is 5.97 Å². The number of nitrogens with one attached hydrogen (secondary N) is 1. The second kappa shape index (κ2) is 8.44. The molecule has 4 nitrogen and oxygen atoms in total. The third-order valence-corrected chi connectivity index (χ3v) is 1.86. The molecule has 0 amide bonds. The maximum Gasteiger partial charge on any atom is 0.320 e. The predicted octanol–water partition coefficient (Wildman–Crippen LogP) is 1.42. The van der Waals surface area contributed by atoms with Crippen molar-refractivity contribution < 1.29 is 14.6 Å². The molecule has 0 aliphatic carbocycles. The summed E-state index contributed by atoms with van der Waals surface area (Å²) in [6.45, 7) is 9.18. The zero-order chi connectivity index (χ0) is 11.7. The molecule has 88 valence electrons. The van der Waals surface area contributed by atoms with E-state index in [0.29, 0.717) is 26.2 Å². The van der Waals surface area contributed by atoms with E-state index in [1.807, 2.05) is 13.8 Å². The number of hydrogen-bond acceptors (Lipinski definition) is 3. The van der Waals surface area contributed by atoms with Gasteiger partial charge in [0.2, 0.25) is 0 Å². The van der Waals surface area contributed by atoms with Crippen LogP contribution in [0.4, 0.5) is 0 Å². The van der Waals surface area contributed by atoms with Crippen LogP contribution >= 0.6 is 0 Å². The molecule has 0 aromatic rings. The Morgan fingerprint density at radius 1 is 1.60 bits per heavy atom. The van der Waals surface area contributed by atoms with Gasteiger partial charge in [0.25, 0.3) is 0 Å². The molecule has 0 aromatic carbocycles. The van der Waals surface area contributed by atoms with Crippen molar-refractivity contribution in [2.75, 3.05) is 19.8 Å². The average molecular weight is 215 g/mol. The van der Waals surface area contributed by atoms with E-state index in [-0.39, 0.29) is 0 Å². The van der Waals surface area contributed by atoms with E-state index in [9.17, 15) is 4.79 Å². The molecule has 0 saturated carbocycles. The van der Waals surface area contributed by atoms with E-state index < -0.39 is 12.0 Å². The number of aliphatic carboxylic acids is 1. The lowest BCUT2D eigenvalue weighted by atomic mass is 10.2. The maximum atomic E-state index is 10.7. The summed E-state index contributed by atoms with van der Waals surface area (Å²) >= 11 is 0. The maximum absolute atomic E-state index is 10.7. The number of hydrogen-bond donors (Lipinski definition) is 2. The Labute approximate surface area is 91.3 Å². The minimum absolute atomic E-state index is 0.455. The molecule has 0 fully saturated rings. The van der Waals surface area contributed by atoms with E-state index in [1.165, 1.54) is 0 Å². The molecule has 0 spiro atoms. The fourth-order valence-electron chi connectivity index (χ4n) is 1.15. The molecule has 2 N–H and O–H groups in total. The normalized spacial score (nSPS) is 12.4. The van der Waals surface area contributed by atoms with Crippen LogP contribution in [0, 0.1) is 0 Å². The first-order valence-electron chi connectivity index (χ1n) is 5.26. The molecule has 15 heavy (non-hydrogen) atoms. The van der Waals surface area contributed by atoms with E-state index in [4.69, 9.17) is 9.84 Å². The molecule has 0 aliphatic heterocycles. The fourth-order valence-corrected chi connectivity index (χ4v) is 1.15. The smallest absolute Gasteiger partial charge is 0.320 e. The summed E-state index contributed by atoms with van der Waals surface area (Å²) in [6.07, 6.45) is 1.51. The largest absolute Gasteiger partial charge is 0.480 e. The van der Waals surface area contributed by atoms with Gasteiger partial charge in [0.1, 0.15) is 6.04 Å². The van der Waals surface area contributed by atoms with Crippen molar-refractivity contribution in [2.24, 2.45) is 0 Å². The lowest BCUT2D eigenvalue weighted by Gasteiger charge is -2.13. The highest BCUT2D eigenvalue weighted by atomic mass is 16.5. The minimum atomic E-state index is -0.795. The standard InChI is InChI=1S/C11H21NO3/c1-4-5-10(11(13)14)12-6-7-15-8-9(2)3/h10,12H,2,4-8H2,1,3H3,(H,13,14). The van der Waals surface area contributed by atoms with E-state index in [1.54, 1.807) is 0 Å². The van der Waals surface area contributed by atoms with Crippen molar-refractivity contribution in [1.29, 1.82) is 0 Å². The van der Waals surface area contributed by atoms with Crippen LogP contribution in [0.25, 0.3) is 0 Å². The van der Waals surface area contributed by atoms with Crippen LogP contribution in [0.2, 0.25) is 0 Å². The molecule has 0 aliphatic rings. The lowest BCUT2D eigenvalue weighted by molar-refractivity contribution is -0.139. The number of carboxylic acid groups (broad SMARTS) is 1. The van der Waals surface area contributed by atoms with Gasteiger partial charge >= 0.3 is 5.97 Å². The van der Waals surface area contributed by atoms with Gasteiger partial charge in [-0.05, 0) is 13.3 Å². The zero-order valence-corrected chi connectivity index (χ0v) is 9.58. The number of rotatable bonds is 9. The summed E-state index contributed by atoms with van der Waals surface area (Å²) in [7, 11) is 0. The van der Waals surface area contributed by atoms with Crippen molar-refractivity contribution in [2.45, 2.75) is 32.7 Å². The number of ether oxygens (including phenoxy) is 1. The van der Waals surface area contributed by atoms with Gasteiger partial charge in [0.05, 0.1) is 13.2 Å². The third-order valence-electron chi connectivity index (χ3n) is 1.86. The zero-order valence-electron chi connectivity index (χ0n) is 9.58. The summed E-state index contributed by atoms with van der Waals surface area (Å²) in [6, 6.07) is -0.455. The molecule has 0 radical (unpaired) electrons. The SMILES string of the molecule is C=C(C)COCCNC(CCC)C(=O)O. The van der Waals surface area contributed by atoms with Crippen molar-refractivity contribution in [3.8, 4) is 0 Å². The summed E-state index contributed by atoms with van der Waals surface area (Å²) in [4.78, 5) is 10.7. The average Bonchev–Trinajstić information content (AvgIpc) is 2.15. The van der Waals surface area contributed by atoms with Gasteiger partial charge in [0.15, 0.2) is 0 Å². The molecule has 0 rings (SSSR count). The fraction of sp³-hybridized carbons (Fsp3) is 0.727. The number of carboxylic acids is 1. The van der Waals surface area contributed by atoms with Gasteiger partial charge in [-0.2, -0.15) is 0 Å². The predicted molar refractivity (Wildman–Crippen MR) is 60.0 cm³/mol. The van der Waals surface area contributed by atoms with Crippen molar-refractivity contribution in [3.63, 3.8) is 0 Å². The van der Waals surface area contributed by atoms with Crippen molar-refractivity contribution in [3.05, 3.63) is 12.2 Å². The van der Waals surface area contributed by atoms with Crippen LogP contribution in [-0.2, 0) is 9.53 Å². The molecule has 0 heterocycles. The van der Waals surface area contributed by atoms with Gasteiger partial charge in [-0.25, -0.2) is 0 Å². The van der Waals surface area contributed by atoms with E-state index in [0.717, 1.165) is 12.0 Å². The first-order valence-corrected chi connectivity index (χ1v) is 5.26. The monoisotopic (exact) mass is 215 g/mol. The van der Waals surface area contributed by atoms with Gasteiger partial charge < -0.3 is 15.2 Å². The van der Waals surface area contributed by atoms with Crippen LogP contribution in [0.3, 0.4) is 0 Å². The lowest BCUT2D eigenvalue weighted by Crippen LogP contribution is -2.38. The summed E-state index contributed by atoms with van der Waals surface area (Å²) < 4.78 is 5.25. The van der Waals surface area contributed by atoms with Crippen LogP contribution in [-0.4, -0.2) is 36.9 Å². The summed E-state index contributed by atoms with van der Waals surface area (Å²) in [5.41, 5.74) is 0.971. The van der Waals surface area contributed by atoms with Crippen LogP contribution in [0.1, 0.15) is 26.7 Å². The first-order chi connectivity index (χ1) is 7.07. The molecule has 1 unspecified atom stereocenters. The molecule has 0 bridgehead atoms. The Morgan fingerprint density at radius 2 is 2.27 bits per heavy atom. The molecular formula is C11H21NO3. The topological polar surface area (TPSA) is 58.6 Å². The van der Waals surface area contributed by atoms with Gasteiger partial charge in [-0.3, -0.25) is 4.79 Å². The Morgan fingerprint density at radius 3 is 2.73 bits per heavy atom. The van der Waals surface area contributed by atoms with Crippen LogP contribution in [0.5, 0.6) is 0 Å². The highest BCUT2D eigenvalue weighted by molar-refractivity contribution is 5.73. The summed E-state index contributed by atoms with van der Waals surface area (Å²) in [5, 5.41) is 11.8. The Hall–Kier alpha value is -0.870. The minimum Gasteiger partial charge on any atom is -0.480 e. The Bertz CT molecular complexity index is 204. The first kappa shape index (κ1) is 14.1. The quantitative estimate of drug-likeness (QED) is 0.451. The molecule has 0 saturated heterocycles. The molecule has 0 aromatic heterocycles. The van der Waals surface area contributed by atoms with E-state index >= 15 is 0 Å². The molecular weight excluding hydrogens is 194 g/mol. The second-order valence-electron chi connectivity index (χ2n) is 3.64. The number of carbonyl (C=O) groups is 1. The van der Waals surface area contributed by atoms with Gasteiger partial charge in [-0.1, -0.05) is 25.5 Å². The highest BCUT2D eigenvalue weighted by Gasteiger charge is 2.14. The molecule has 1 atom stereocenters. The van der Waals surface area contributed by atoms with Crippen LogP contribution in [0.15, 0.2) is 12.2 Å². The Kier molecular flexibility index (Phi) is 7.95.